The van der Waals surface area contributed by atoms with Crippen molar-refractivity contribution < 1.29 is 18.0 Å². The van der Waals surface area contributed by atoms with Gasteiger partial charge < -0.3 is 10.6 Å². The number of nitrogens with zero attached hydrogens (tertiary/aromatic N) is 1. The molecule has 1 aliphatic heterocycles. The Balaban J connectivity index is 1.80. The molecule has 25 heavy (non-hydrogen) atoms. The smallest absolute Gasteiger partial charge is 0.238 e. The first-order chi connectivity index (χ1) is 11.7. The average molecular weight is 408 g/mol. The Morgan fingerprint density at radius 3 is 2.36 bits per heavy atom. The minimum atomic E-state index is -3.05. The highest BCUT2D eigenvalue weighted by atomic mass is 35.5. The summed E-state index contributed by atoms with van der Waals surface area (Å²) >= 11 is 12.0. The van der Waals surface area contributed by atoms with Gasteiger partial charge in [-0.05, 0) is 25.6 Å². The van der Waals surface area contributed by atoms with Gasteiger partial charge >= 0.3 is 0 Å². The van der Waals surface area contributed by atoms with Gasteiger partial charge in [-0.2, -0.15) is 0 Å². The van der Waals surface area contributed by atoms with Crippen LogP contribution in [-0.4, -0.2) is 62.8 Å². The maximum absolute atomic E-state index is 12.1. The van der Waals surface area contributed by atoms with Crippen LogP contribution < -0.4 is 10.6 Å². The lowest BCUT2D eigenvalue weighted by Gasteiger charge is -2.18. The van der Waals surface area contributed by atoms with Crippen LogP contribution in [-0.2, 0) is 19.4 Å². The molecule has 7 nitrogen and oxygen atoms in total. The van der Waals surface area contributed by atoms with Crippen LogP contribution in [0.2, 0.25) is 10.0 Å². The molecule has 1 heterocycles. The molecule has 2 rings (SSSR count). The van der Waals surface area contributed by atoms with Gasteiger partial charge in [-0.15, -0.1) is 0 Å². The number of carbonyl (C=O) groups is 2. The van der Waals surface area contributed by atoms with E-state index in [1.165, 1.54) is 4.90 Å². The van der Waals surface area contributed by atoms with E-state index < -0.39 is 9.84 Å². The van der Waals surface area contributed by atoms with Gasteiger partial charge in [0.1, 0.15) is 0 Å². The lowest BCUT2D eigenvalue weighted by molar-refractivity contribution is -0.123. The standard InChI is InChI=1S/C15H19Cl2N3O4S/c1-20(7-13(21)18-10-5-6-25(23,24)9-10)8-14(22)19-15-11(16)3-2-4-12(15)17/h2-4,10H,5-9H2,1H3,(H,18,21)(H,19,22)/t10-/m0/s1. The number of halogens is 2. The van der Waals surface area contributed by atoms with Gasteiger partial charge in [0.2, 0.25) is 11.8 Å². The summed E-state index contributed by atoms with van der Waals surface area (Å²) in [6.07, 6.45) is 0.420. The number of rotatable bonds is 6. The highest BCUT2D eigenvalue weighted by molar-refractivity contribution is 7.91. The van der Waals surface area contributed by atoms with E-state index in [9.17, 15) is 18.0 Å². The number of nitrogens with one attached hydrogen (secondary N) is 2. The molecule has 1 saturated heterocycles. The number of hydrogen-bond acceptors (Lipinski definition) is 5. The van der Waals surface area contributed by atoms with Crippen molar-refractivity contribution in [2.75, 3.05) is 37.0 Å². The third-order valence-corrected chi connectivity index (χ3v) is 6.05. The van der Waals surface area contributed by atoms with Crippen molar-refractivity contribution in [2.45, 2.75) is 12.5 Å². The number of likely N-dealkylation sites (N-methyl/N-ethyl adjacent to an activating group) is 1. The molecule has 1 aromatic carbocycles. The second-order valence-electron chi connectivity index (χ2n) is 5.98. The summed E-state index contributed by atoms with van der Waals surface area (Å²) in [4.78, 5) is 25.5. The van der Waals surface area contributed by atoms with Crippen molar-refractivity contribution in [3.63, 3.8) is 0 Å². The second kappa shape index (κ2) is 8.35. The minimum absolute atomic E-state index is 0.0276. The Morgan fingerprint density at radius 2 is 1.80 bits per heavy atom. The summed E-state index contributed by atoms with van der Waals surface area (Å²) in [5, 5.41) is 5.93. The van der Waals surface area contributed by atoms with Gasteiger partial charge in [0, 0.05) is 6.04 Å². The van der Waals surface area contributed by atoms with Gasteiger partial charge in [0.05, 0.1) is 40.3 Å². The van der Waals surface area contributed by atoms with Crippen molar-refractivity contribution in [3.05, 3.63) is 28.2 Å². The molecule has 10 heteroatoms. The van der Waals surface area contributed by atoms with E-state index >= 15 is 0 Å². The van der Waals surface area contributed by atoms with Gasteiger partial charge in [-0.1, -0.05) is 29.3 Å². The first-order valence-corrected chi connectivity index (χ1v) is 10.2. The zero-order chi connectivity index (χ0) is 18.6. The van der Waals surface area contributed by atoms with Crippen LogP contribution in [0.1, 0.15) is 6.42 Å². The van der Waals surface area contributed by atoms with Crippen molar-refractivity contribution in [2.24, 2.45) is 0 Å². The van der Waals surface area contributed by atoms with Crippen molar-refractivity contribution in [3.8, 4) is 0 Å². The SMILES string of the molecule is CN(CC(=O)Nc1c(Cl)cccc1Cl)CC(=O)N[C@H]1CCS(=O)(=O)C1. The van der Waals surface area contributed by atoms with Crippen LogP contribution in [0.5, 0.6) is 0 Å². The summed E-state index contributed by atoms with van der Waals surface area (Å²) in [5.74, 6) is -0.634. The van der Waals surface area contributed by atoms with E-state index in [2.05, 4.69) is 10.6 Å². The largest absolute Gasteiger partial charge is 0.351 e. The maximum Gasteiger partial charge on any atom is 0.238 e. The Labute approximate surface area is 156 Å². The molecule has 2 amide bonds. The molecule has 0 radical (unpaired) electrons. The average Bonchev–Trinajstić information content (AvgIpc) is 2.81. The van der Waals surface area contributed by atoms with Crippen molar-refractivity contribution in [1.82, 2.24) is 10.2 Å². The van der Waals surface area contributed by atoms with E-state index in [1.807, 2.05) is 0 Å². The van der Waals surface area contributed by atoms with E-state index in [0.717, 1.165) is 0 Å². The highest BCUT2D eigenvalue weighted by Gasteiger charge is 2.29. The molecular formula is C15H19Cl2N3O4S. The van der Waals surface area contributed by atoms with Crippen LogP contribution >= 0.6 is 23.2 Å². The maximum atomic E-state index is 12.1. The predicted molar refractivity (Wildman–Crippen MR) is 97.8 cm³/mol. The molecule has 2 N–H and O–H groups in total. The normalized spacial score (nSPS) is 19.0. The second-order valence-corrected chi connectivity index (χ2v) is 9.03. The summed E-state index contributed by atoms with van der Waals surface area (Å²) < 4.78 is 22.8. The minimum Gasteiger partial charge on any atom is -0.351 e. The fourth-order valence-corrected chi connectivity index (χ4v) is 4.69. The number of hydrogen-bond donors (Lipinski definition) is 2. The molecule has 1 fully saturated rings. The molecule has 1 aromatic rings. The summed E-state index contributed by atoms with van der Waals surface area (Å²) in [5.41, 5.74) is 0.324. The van der Waals surface area contributed by atoms with Crippen LogP contribution in [0, 0.1) is 0 Å². The molecule has 1 aliphatic rings. The molecule has 0 unspecified atom stereocenters. The van der Waals surface area contributed by atoms with E-state index in [0.29, 0.717) is 22.2 Å². The van der Waals surface area contributed by atoms with Crippen LogP contribution in [0.3, 0.4) is 0 Å². The molecule has 1 atom stereocenters. The molecular weight excluding hydrogens is 389 g/mol. The number of amides is 2. The first-order valence-electron chi connectivity index (χ1n) is 7.58. The molecule has 0 aliphatic carbocycles. The fraction of sp³-hybridized carbons (Fsp3) is 0.467. The molecule has 0 saturated carbocycles. The van der Waals surface area contributed by atoms with Gasteiger partial charge in [-0.25, -0.2) is 8.42 Å². The topological polar surface area (TPSA) is 95.6 Å². The molecule has 138 valence electrons. The Bertz CT molecular complexity index is 750. The van der Waals surface area contributed by atoms with Gasteiger partial charge in [0.25, 0.3) is 0 Å². The summed E-state index contributed by atoms with van der Waals surface area (Å²) in [6, 6.07) is 4.52. The van der Waals surface area contributed by atoms with Crippen LogP contribution in [0.25, 0.3) is 0 Å². The Morgan fingerprint density at radius 1 is 1.20 bits per heavy atom. The first kappa shape index (κ1) is 20.0. The monoisotopic (exact) mass is 407 g/mol. The zero-order valence-electron chi connectivity index (χ0n) is 13.6. The van der Waals surface area contributed by atoms with Crippen molar-refractivity contribution in [1.29, 1.82) is 0 Å². The molecule has 0 spiro atoms. The zero-order valence-corrected chi connectivity index (χ0v) is 15.9. The lowest BCUT2D eigenvalue weighted by atomic mass is 10.2. The van der Waals surface area contributed by atoms with E-state index in [1.54, 1.807) is 25.2 Å². The third-order valence-electron chi connectivity index (χ3n) is 3.65. The quantitative estimate of drug-likeness (QED) is 0.737. The number of sulfone groups is 1. The van der Waals surface area contributed by atoms with Crippen LogP contribution in [0.4, 0.5) is 5.69 Å². The van der Waals surface area contributed by atoms with Gasteiger partial charge in [0.15, 0.2) is 9.84 Å². The Kier molecular flexibility index (Phi) is 6.67. The van der Waals surface area contributed by atoms with E-state index in [4.69, 9.17) is 23.2 Å². The van der Waals surface area contributed by atoms with E-state index in [-0.39, 0.29) is 42.5 Å². The number of anilines is 1. The summed E-state index contributed by atoms with van der Waals surface area (Å²) in [6.45, 7) is -0.0713. The number of para-hydroxylation sites is 1. The fourth-order valence-electron chi connectivity index (χ4n) is 2.52. The predicted octanol–water partition coefficient (Wildman–Crippen LogP) is 1.17. The summed E-state index contributed by atoms with van der Waals surface area (Å²) in [7, 11) is -1.44. The highest BCUT2D eigenvalue weighted by Crippen LogP contribution is 2.29. The molecule has 0 aromatic heterocycles. The van der Waals surface area contributed by atoms with Gasteiger partial charge in [-0.3, -0.25) is 14.5 Å². The van der Waals surface area contributed by atoms with Crippen LogP contribution in [0.15, 0.2) is 18.2 Å². The Hall–Kier alpha value is -1.35. The van der Waals surface area contributed by atoms with Crippen molar-refractivity contribution >= 4 is 50.5 Å². The lowest BCUT2D eigenvalue weighted by Crippen LogP contribution is -2.43. The third kappa shape index (κ3) is 6.14. The number of carbonyl (C=O) groups excluding carboxylic acids is 2. The number of benzene rings is 1. The molecule has 0 bridgehead atoms.